The van der Waals surface area contributed by atoms with E-state index >= 15 is 0 Å². The first-order valence-electron chi connectivity index (χ1n) is 7.11. The van der Waals surface area contributed by atoms with Gasteiger partial charge in [0, 0.05) is 12.5 Å². The maximum Gasteiger partial charge on any atom is 0.163 e. The molecule has 4 heteroatoms. The third kappa shape index (κ3) is 3.90. The highest BCUT2D eigenvalue weighted by atomic mass is 16.5. The van der Waals surface area contributed by atoms with Crippen molar-refractivity contribution >= 4 is 12.1 Å². The lowest BCUT2D eigenvalue weighted by atomic mass is 9.99. The highest BCUT2D eigenvalue weighted by Crippen LogP contribution is 2.19. The molecule has 1 aromatic carbocycles. The van der Waals surface area contributed by atoms with Crippen LogP contribution >= 0.6 is 0 Å². The van der Waals surface area contributed by atoms with Crippen molar-refractivity contribution in [2.24, 2.45) is 5.92 Å². The van der Waals surface area contributed by atoms with Crippen LogP contribution in [0.3, 0.4) is 0 Å². The number of ether oxygens (including phenoxy) is 1. The number of hydrogen-bond donors (Lipinski definition) is 0. The van der Waals surface area contributed by atoms with E-state index in [2.05, 4.69) is 4.90 Å². The van der Waals surface area contributed by atoms with E-state index in [4.69, 9.17) is 4.74 Å². The SMILES string of the molecule is CC(=O)c1ccccc1OCCN1CCC(C=O)CC1. The van der Waals surface area contributed by atoms with Crippen LogP contribution in [0.2, 0.25) is 0 Å². The van der Waals surface area contributed by atoms with Crippen LogP contribution in [0.4, 0.5) is 0 Å². The Kier molecular flexibility index (Phi) is 5.30. The third-order valence-corrected chi connectivity index (χ3v) is 3.76. The van der Waals surface area contributed by atoms with Crippen LogP contribution in [0.1, 0.15) is 30.1 Å². The second-order valence-electron chi connectivity index (χ2n) is 5.22. The summed E-state index contributed by atoms with van der Waals surface area (Å²) in [6.07, 6.45) is 2.94. The van der Waals surface area contributed by atoms with E-state index in [-0.39, 0.29) is 11.7 Å². The molecule has 4 nitrogen and oxygen atoms in total. The second kappa shape index (κ2) is 7.20. The summed E-state index contributed by atoms with van der Waals surface area (Å²) >= 11 is 0. The maximum atomic E-state index is 11.5. The van der Waals surface area contributed by atoms with Gasteiger partial charge in [-0.2, -0.15) is 0 Å². The van der Waals surface area contributed by atoms with Crippen molar-refractivity contribution in [1.82, 2.24) is 4.90 Å². The molecule has 1 heterocycles. The Labute approximate surface area is 119 Å². The van der Waals surface area contributed by atoms with Gasteiger partial charge in [-0.05, 0) is 45.0 Å². The number of ketones is 1. The van der Waals surface area contributed by atoms with Gasteiger partial charge in [0.05, 0.1) is 5.56 Å². The van der Waals surface area contributed by atoms with Gasteiger partial charge < -0.3 is 9.53 Å². The molecule has 2 rings (SSSR count). The first-order valence-corrected chi connectivity index (χ1v) is 7.11. The first-order chi connectivity index (χ1) is 9.70. The molecule has 20 heavy (non-hydrogen) atoms. The predicted octanol–water partition coefficient (Wildman–Crippen LogP) is 2.18. The van der Waals surface area contributed by atoms with Crippen molar-refractivity contribution in [3.63, 3.8) is 0 Å². The van der Waals surface area contributed by atoms with Crippen molar-refractivity contribution in [3.05, 3.63) is 29.8 Å². The van der Waals surface area contributed by atoms with Gasteiger partial charge in [0.2, 0.25) is 0 Å². The van der Waals surface area contributed by atoms with Crippen LogP contribution in [-0.4, -0.2) is 43.2 Å². The zero-order valence-corrected chi connectivity index (χ0v) is 11.9. The van der Waals surface area contributed by atoms with Crippen LogP contribution in [0.25, 0.3) is 0 Å². The highest BCUT2D eigenvalue weighted by molar-refractivity contribution is 5.96. The Balaban J connectivity index is 1.79. The van der Waals surface area contributed by atoms with Gasteiger partial charge in [-0.15, -0.1) is 0 Å². The molecule has 1 aliphatic rings. The number of Topliss-reactive ketones (excluding diaryl/α,β-unsaturated/α-hetero) is 1. The molecule has 0 aliphatic carbocycles. The van der Waals surface area contributed by atoms with Crippen LogP contribution in [0.15, 0.2) is 24.3 Å². The molecule has 1 saturated heterocycles. The minimum absolute atomic E-state index is 0.0207. The second-order valence-corrected chi connectivity index (χ2v) is 5.22. The lowest BCUT2D eigenvalue weighted by molar-refractivity contribution is -0.112. The topological polar surface area (TPSA) is 46.6 Å². The standard InChI is InChI=1S/C16H21NO3/c1-13(19)15-4-2-3-5-16(15)20-11-10-17-8-6-14(12-18)7-9-17/h2-5,12,14H,6-11H2,1H3. The van der Waals surface area contributed by atoms with Crippen LogP contribution in [0, 0.1) is 5.92 Å². The van der Waals surface area contributed by atoms with Crippen LogP contribution < -0.4 is 4.74 Å². The molecule has 0 bridgehead atoms. The molecule has 0 saturated carbocycles. The zero-order chi connectivity index (χ0) is 14.4. The van der Waals surface area contributed by atoms with Gasteiger partial charge in [-0.25, -0.2) is 0 Å². The van der Waals surface area contributed by atoms with E-state index in [1.807, 2.05) is 18.2 Å². The molecule has 0 amide bonds. The molecule has 1 aliphatic heterocycles. The van der Waals surface area contributed by atoms with E-state index in [9.17, 15) is 9.59 Å². The zero-order valence-electron chi connectivity index (χ0n) is 11.9. The van der Waals surface area contributed by atoms with Crippen molar-refractivity contribution in [2.45, 2.75) is 19.8 Å². The summed E-state index contributed by atoms with van der Waals surface area (Å²) in [7, 11) is 0. The number of aldehydes is 1. The van der Waals surface area contributed by atoms with Gasteiger partial charge in [-0.1, -0.05) is 12.1 Å². The van der Waals surface area contributed by atoms with E-state index < -0.39 is 0 Å². The quantitative estimate of drug-likeness (QED) is 0.590. The number of nitrogens with zero attached hydrogens (tertiary/aromatic N) is 1. The molecule has 0 radical (unpaired) electrons. The van der Waals surface area contributed by atoms with Crippen molar-refractivity contribution in [1.29, 1.82) is 0 Å². The van der Waals surface area contributed by atoms with Gasteiger partial charge >= 0.3 is 0 Å². The molecule has 0 spiro atoms. The summed E-state index contributed by atoms with van der Waals surface area (Å²) in [6.45, 7) is 4.84. The van der Waals surface area contributed by atoms with Crippen molar-refractivity contribution < 1.29 is 14.3 Å². The summed E-state index contributed by atoms with van der Waals surface area (Å²) in [5.41, 5.74) is 0.632. The fourth-order valence-corrected chi connectivity index (χ4v) is 2.48. The number of likely N-dealkylation sites (tertiary alicyclic amines) is 1. The van der Waals surface area contributed by atoms with Crippen molar-refractivity contribution in [3.8, 4) is 5.75 Å². The smallest absolute Gasteiger partial charge is 0.163 e. The number of carbonyl (C=O) groups is 2. The maximum absolute atomic E-state index is 11.5. The summed E-state index contributed by atoms with van der Waals surface area (Å²) < 4.78 is 5.72. The molecule has 0 unspecified atom stereocenters. The Morgan fingerprint density at radius 3 is 2.70 bits per heavy atom. The molecule has 0 aromatic heterocycles. The van der Waals surface area contributed by atoms with Crippen molar-refractivity contribution in [2.75, 3.05) is 26.2 Å². The Bertz CT molecular complexity index is 465. The summed E-state index contributed by atoms with van der Waals surface area (Å²) in [6, 6.07) is 7.33. The third-order valence-electron chi connectivity index (χ3n) is 3.76. The Hall–Kier alpha value is -1.68. The lowest BCUT2D eigenvalue weighted by Crippen LogP contribution is -2.36. The van der Waals surface area contributed by atoms with Crippen LogP contribution in [-0.2, 0) is 4.79 Å². The molecular formula is C16H21NO3. The fourth-order valence-electron chi connectivity index (χ4n) is 2.48. The molecule has 1 aromatic rings. The van der Waals surface area contributed by atoms with E-state index in [0.717, 1.165) is 38.8 Å². The molecule has 0 N–H and O–H groups in total. The fraction of sp³-hybridized carbons (Fsp3) is 0.500. The van der Waals surface area contributed by atoms with Gasteiger partial charge in [0.25, 0.3) is 0 Å². The van der Waals surface area contributed by atoms with Gasteiger partial charge in [0.1, 0.15) is 18.6 Å². The molecular weight excluding hydrogens is 254 g/mol. The van der Waals surface area contributed by atoms with Gasteiger partial charge in [-0.3, -0.25) is 9.69 Å². The Morgan fingerprint density at radius 2 is 2.05 bits per heavy atom. The lowest BCUT2D eigenvalue weighted by Gasteiger charge is -2.29. The predicted molar refractivity (Wildman–Crippen MR) is 77.2 cm³/mol. The van der Waals surface area contributed by atoms with Gasteiger partial charge in [0.15, 0.2) is 5.78 Å². The average Bonchev–Trinajstić information content (AvgIpc) is 2.48. The minimum Gasteiger partial charge on any atom is -0.491 e. The Morgan fingerprint density at radius 1 is 1.35 bits per heavy atom. The number of para-hydroxylation sites is 1. The summed E-state index contributed by atoms with van der Waals surface area (Å²) in [5, 5.41) is 0. The van der Waals surface area contributed by atoms with E-state index in [1.165, 1.54) is 0 Å². The number of rotatable bonds is 6. The molecule has 0 atom stereocenters. The minimum atomic E-state index is 0.0207. The van der Waals surface area contributed by atoms with E-state index in [0.29, 0.717) is 17.9 Å². The number of piperidine rings is 1. The average molecular weight is 275 g/mol. The van der Waals surface area contributed by atoms with Crippen LogP contribution in [0.5, 0.6) is 5.75 Å². The normalized spacial score (nSPS) is 16.9. The number of hydrogen-bond acceptors (Lipinski definition) is 4. The molecule has 1 fully saturated rings. The van der Waals surface area contributed by atoms with E-state index in [1.54, 1.807) is 13.0 Å². The number of carbonyl (C=O) groups excluding carboxylic acids is 2. The highest BCUT2D eigenvalue weighted by Gasteiger charge is 2.18. The largest absolute Gasteiger partial charge is 0.491 e. The summed E-state index contributed by atoms with van der Waals surface area (Å²) in [4.78, 5) is 24.5. The monoisotopic (exact) mass is 275 g/mol. The number of benzene rings is 1. The first kappa shape index (κ1) is 14.7. The molecule has 108 valence electrons. The summed E-state index contributed by atoms with van der Waals surface area (Å²) in [5.74, 6) is 0.904.